The van der Waals surface area contributed by atoms with Gasteiger partial charge in [0.15, 0.2) is 5.78 Å². The van der Waals surface area contributed by atoms with Crippen LogP contribution >= 0.6 is 0 Å². The summed E-state index contributed by atoms with van der Waals surface area (Å²) < 4.78 is 0. The molecule has 4 heteroatoms. The highest BCUT2D eigenvalue weighted by molar-refractivity contribution is 5.98. The molecule has 2 unspecified atom stereocenters. The van der Waals surface area contributed by atoms with E-state index in [4.69, 9.17) is 0 Å². The van der Waals surface area contributed by atoms with Crippen LogP contribution in [-0.4, -0.2) is 41.8 Å². The fourth-order valence-electron chi connectivity index (χ4n) is 3.82. The van der Waals surface area contributed by atoms with Crippen molar-refractivity contribution in [1.29, 1.82) is 0 Å². The monoisotopic (exact) mass is 328 g/mol. The van der Waals surface area contributed by atoms with Crippen LogP contribution in [0, 0.1) is 0 Å². The van der Waals surface area contributed by atoms with E-state index in [1.54, 1.807) is 0 Å². The van der Waals surface area contributed by atoms with Crippen molar-refractivity contribution in [3.8, 4) is 0 Å². The van der Waals surface area contributed by atoms with Crippen molar-refractivity contribution in [1.82, 2.24) is 10.2 Å². The van der Waals surface area contributed by atoms with Crippen LogP contribution < -0.4 is 5.32 Å². The summed E-state index contributed by atoms with van der Waals surface area (Å²) in [5, 5.41) is 3.38. The Bertz CT molecular complexity index is 626. The molecule has 1 amide bonds. The molecule has 0 bridgehead atoms. The Morgan fingerprint density at radius 1 is 1.12 bits per heavy atom. The lowest BCUT2D eigenvalue weighted by Gasteiger charge is -2.38. The summed E-state index contributed by atoms with van der Waals surface area (Å²) in [5.41, 5.74) is 3.48. The van der Waals surface area contributed by atoms with Crippen LogP contribution in [0.1, 0.15) is 61.0 Å². The van der Waals surface area contributed by atoms with Gasteiger partial charge in [0.05, 0.1) is 0 Å². The van der Waals surface area contributed by atoms with E-state index < -0.39 is 0 Å². The van der Waals surface area contributed by atoms with Crippen molar-refractivity contribution in [2.45, 2.75) is 64.5 Å². The lowest BCUT2D eigenvalue weighted by Crippen LogP contribution is -2.57. The number of carbonyl (C=O) groups excluding carboxylic acids is 2. The molecule has 2 atom stereocenters. The molecule has 1 fully saturated rings. The zero-order chi connectivity index (χ0) is 17.1. The van der Waals surface area contributed by atoms with Crippen LogP contribution in [0.3, 0.4) is 0 Å². The summed E-state index contributed by atoms with van der Waals surface area (Å²) in [7, 11) is 0. The molecule has 0 radical (unpaired) electrons. The molecule has 0 saturated carbocycles. The van der Waals surface area contributed by atoms with Gasteiger partial charge in [-0.25, -0.2) is 0 Å². The number of fused-ring (bicyclic) bond motifs is 1. The highest BCUT2D eigenvalue weighted by Gasteiger charge is 2.28. The van der Waals surface area contributed by atoms with Gasteiger partial charge in [-0.15, -0.1) is 0 Å². The summed E-state index contributed by atoms with van der Waals surface area (Å²) in [6, 6.07) is 6.58. The Morgan fingerprint density at radius 2 is 1.88 bits per heavy atom. The molecule has 1 heterocycles. The molecule has 1 saturated heterocycles. The molecular weight excluding hydrogens is 300 g/mol. The first-order chi connectivity index (χ1) is 11.6. The predicted molar refractivity (Wildman–Crippen MR) is 95.3 cm³/mol. The van der Waals surface area contributed by atoms with Gasteiger partial charge in [-0.1, -0.05) is 12.1 Å². The second-order valence-electron chi connectivity index (χ2n) is 7.18. The number of ketones is 1. The molecule has 1 N–H and O–H groups in total. The number of amides is 1. The average molecular weight is 328 g/mol. The van der Waals surface area contributed by atoms with Crippen molar-refractivity contribution < 1.29 is 9.59 Å². The van der Waals surface area contributed by atoms with E-state index in [2.05, 4.69) is 31.3 Å². The minimum atomic E-state index is 0.0903. The highest BCUT2D eigenvalue weighted by Crippen LogP contribution is 2.23. The van der Waals surface area contributed by atoms with Gasteiger partial charge in [-0.3, -0.25) is 9.59 Å². The Labute approximate surface area is 144 Å². The van der Waals surface area contributed by atoms with Crippen molar-refractivity contribution in [3.63, 3.8) is 0 Å². The number of hydrogen-bond acceptors (Lipinski definition) is 3. The van der Waals surface area contributed by atoms with E-state index >= 15 is 0 Å². The Balaban J connectivity index is 1.58. The van der Waals surface area contributed by atoms with E-state index in [1.807, 2.05) is 11.0 Å². The third-order valence-corrected chi connectivity index (χ3v) is 5.59. The number of nitrogens with zero attached hydrogens (tertiary/aromatic N) is 1. The summed E-state index contributed by atoms with van der Waals surface area (Å²) in [6.07, 6.45) is 5.28. The number of rotatable bonds is 4. The SMILES string of the molecule is CC1NCCN(C(=O)CCC(=O)c2ccc3c(c2)CCCC3)C1C. The van der Waals surface area contributed by atoms with Crippen molar-refractivity contribution in [2.75, 3.05) is 13.1 Å². The van der Waals surface area contributed by atoms with Gasteiger partial charge < -0.3 is 10.2 Å². The maximum Gasteiger partial charge on any atom is 0.223 e. The molecule has 3 rings (SSSR count). The summed E-state index contributed by atoms with van der Waals surface area (Å²) >= 11 is 0. The molecule has 1 aliphatic carbocycles. The van der Waals surface area contributed by atoms with E-state index in [0.29, 0.717) is 18.9 Å². The second kappa shape index (κ2) is 7.47. The molecule has 130 valence electrons. The molecule has 24 heavy (non-hydrogen) atoms. The largest absolute Gasteiger partial charge is 0.337 e. The summed E-state index contributed by atoms with van der Waals surface area (Å²) in [5.74, 6) is 0.190. The van der Waals surface area contributed by atoms with Gasteiger partial charge in [0.25, 0.3) is 0 Å². The topological polar surface area (TPSA) is 49.4 Å². The second-order valence-corrected chi connectivity index (χ2v) is 7.18. The van der Waals surface area contributed by atoms with Gasteiger partial charge in [0.2, 0.25) is 5.91 Å². The van der Waals surface area contributed by atoms with Gasteiger partial charge in [0, 0.05) is 43.6 Å². The number of carbonyl (C=O) groups is 2. The van der Waals surface area contributed by atoms with E-state index in [1.165, 1.54) is 24.0 Å². The molecular formula is C20H28N2O2. The number of piperazine rings is 1. The van der Waals surface area contributed by atoms with Crippen LogP contribution in [0.2, 0.25) is 0 Å². The average Bonchev–Trinajstić information content (AvgIpc) is 2.61. The standard InChI is InChI=1S/C20H28N2O2/c1-14-15(2)22(12-11-21-14)20(24)10-9-19(23)18-8-7-16-5-3-4-6-17(16)13-18/h7-8,13-15,21H,3-6,9-12H2,1-2H3. The van der Waals surface area contributed by atoms with Crippen LogP contribution in [0.4, 0.5) is 0 Å². The zero-order valence-corrected chi connectivity index (χ0v) is 14.8. The molecule has 1 aromatic carbocycles. The number of nitrogens with one attached hydrogen (secondary N) is 1. The zero-order valence-electron chi connectivity index (χ0n) is 14.8. The fraction of sp³-hybridized carbons (Fsp3) is 0.600. The van der Waals surface area contributed by atoms with E-state index in [-0.39, 0.29) is 17.7 Å². The van der Waals surface area contributed by atoms with Gasteiger partial charge in [-0.05, 0) is 56.7 Å². The molecule has 2 aliphatic rings. The smallest absolute Gasteiger partial charge is 0.223 e. The van der Waals surface area contributed by atoms with Crippen LogP contribution in [0.15, 0.2) is 18.2 Å². The molecule has 0 spiro atoms. The number of aryl methyl sites for hydroxylation is 2. The first-order valence-electron chi connectivity index (χ1n) is 9.24. The summed E-state index contributed by atoms with van der Waals surface area (Å²) in [6.45, 7) is 5.73. The third-order valence-electron chi connectivity index (χ3n) is 5.59. The van der Waals surface area contributed by atoms with Gasteiger partial charge in [0.1, 0.15) is 0 Å². The van der Waals surface area contributed by atoms with Crippen molar-refractivity contribution in [3.05, 3.63) is 34.9 Å². The maximum atomic E-state index is 12.5. The minimum absolute atomic E-state index is 0.0903. The van der Waals surface area contributed by atoms with E-state index in [0.717, 1.165) is 31.5 Å². The lowest BCUT2D eigenvalue weighted by atomic mass is 9.89. The van der Waals surface area contributed by atoms with Crippen LogP contribution in [-0.2, 0) is 17.6 Å². The third kappa shape index (κ3) is 3.69. The normalized spacial score (nSPS) is 23.7. The molecule has 1 aliphatic heterocycles. The number of Topliss-reactive ketones (excluding diaryl/α,β-unsaturated/α-hetero) is 1. The molecule has 4 nitrogen and oxygen atoms in total. The number of hydrogen-bond donors (Lipinski definition) is 1. The first-order valence-corrected chi connectivity index (χ1v) is 9.24. The summed E-state index contributed by atoms with van der Waals surface area (Å²) in [4.78, 5) is 26.9. The Morgan fingerprint density at radius 3 is 2.67 bits per heavy atom. The van der Waals surface area contributed by atoms with Crippen LogP contribution in [0.5, 0.6) is 0 Å². The van der Waals surface area contributed by atoms with E-state index in [9.17, 15) is 9.59 Å². The first kappa shape index (κ1) is 17.2. The molecule has 1 aromatic rings. The Hall–Kier alpha value is -1.68. The van der Waals surface area contributed by atoms with Crippen molar-refractivity contribution >= 4 is 11.7 Å². The quantitative estimate of drug-likeness (QED) is 0.865. The lowest BCUT2D eigenvalue weighted by molar-refractivity contribution is -0.134. The maximum absolute atomic E-state index is 12.5. The number of benzene rings is 1. The predicted octanol–water partition coefficient (Wildman–Crippen LogP) is 2.74. The minimum Gasteiger partial charge on any atom is -0.337 e. The highest BCUT2D eigenvalue weighted by atomic mass is 16.2. The Kier molecular flexibility index (Phi) is 5.34. The fourth-order valence-corrected chi connectivity index (χ4v) is 3.82. The molecule has 0 aromatic heterocycles. The van der Waals surface area contributed by atoms with Gasteiger partial charge in [-0.2, -0.15) is 0 Å². The van der Waals surface area contributed by atoms with Gasteiger partial charge >= 0.3 is 0 Å². The van der Waals surface area contributed by atoms with Crippen LogP contribution in [0.25, 0.3) is 0 Å². The van der Waals surface area contributed by atoms with Crippen molar-refractivity contribution in [2.24, 2.45) is 0 Å².